The number of nitrogens with one attached hydrogen (secondary N) is 1. The van der Waals surface area contributed by atoms with E-state index in [4.69, 9.17) is 4.74 Å². The largest absolute Gasteiger partial charge is 0.497 e. The highest BCUT2D eigenvalue weighted by Gasteiger charge is 2.56. The Morgan fingerprint density at radius 1 is 1.00 bits per heavy atom. The average molecular weight is 503 g/mol. The molecule has 1 N–H and O–H groups in total. The minimum Gasteiger partial charge on any atom is -0.497 e. The van der Waals surface area contributed by atoms with Crippen LogP contribution in [0.4, 0.5) is 5.69 Å². The third kappa shape index (κ3) is 3.03. The molecule has 3 atom stereocenters. The van der Waals surface area contributed by atoms with Crippen molar-refractivity contribution in [2.24, 2.45) is 5.92 Å². The number of nitrogens with zero attached hydrogens (tertiary/aromatic N) is 1. The van der Waals surface area contributed by atoms with E-state index < -0.39 is 11.2 Å². The number of hydrogen-bond acceptors (Lipinski definition) is 6. The molecule has 0 radical (unpaired) electrons. The topological polar surface area (TPSA) is 79.5 Å². The number of imide groups is 1. The Morgan fingerprint density at radius 2 is 1.70 bits per heavy atom. The van der Waals surface area contributed by atoms with Crippen LogP contribution in [0.2, 0.25) is 0 Å². The number of thioether (sulfide) groups is 1. The number of amides is 2. The molecule has 1 saturated heterocycles. The van der Waals surface area contributed by atoms with Crippen LogP contribution in [0.15, 0.2) is 62.8 Å². The van der Waals surface area contributed by atoms with Gasteiger partial charge >= 0.3 is 4.87 Å². The first-order valence-corrected chi connectivity index (χ1v) is 11.6. The first-order valence-electron chi connectivity index (χ1n) is 9.15. The number of aromatic nitrogens is 1. The molecular formula is C21H15BrN2O4S2. The minimum atomic E-state index is -0.592. The SMILES string of the molecule is COc1ccc(N2C(=O)C3Sc4[nH]c(=O)sc4C(c4ccc(Br)cc4)C3C2=O)cc1. The molecule has 0 spiro atoms. The van der Waals surface area contributed by atoms with Crippen molar-refractivity contribution in [2.45, 2.75) is 16.2 Å². The van der Waals surface area contributed by atoms with E-state index in [0.717, 1.165) is 26.3 Å². The van der Waals surface area contributed by atoms with Crippen molar-refractivity contribution >= 4 is 56.5 Å². The highest BCUT2D eigenvalue weighted by molar-refractivity contribution is 9.10. The predicted molar refractivity (Wildman–Crippen MR) is 120 cm³/mol. The zero-order chi connectivity index (χ0) is 21.0. The standard InChI is InChI=1S/C21H15BrN2O4S2/c1-28-13-8-6-12(7-9-13)24-19(25)15-14(10-2-4-11(22)5-3-10)16-18(23-21(27)30-16)29-17(15)20(24)26/h2-9,14-15,17H,1H3,(H,23,27). The lowest BCUT2D eigenvalue weighted by atomic mass is 9.83. The molecule has 2 aliphatic rings. The predicted octanol–water partition coefficient (Wildman–Crippen LogP) is 4.00. The summed E-state index contributed by atoms with van der Waals surface area (Å²) in [5, 5.41) is 0.0860. The fourth-order valence-corrected chi connectivity index (χ4v) is 6.81. The first-order chi connectivity index (χ1) is 14.5. The van der Waals surface area contributed by atoms with Gasteiger partial charge < -0.3 is 9.72 Å². The maximum atomic E-state index is 13.5. The van der Waals surface area contributed by atoms with Gasteiger partial charge in [0.25, 0.3) is 0 Å². The van der Waals surface area contributed by atoms with Crippen LogP contribution < -0.4 is 14.5 Å². The molecule has 0 saturated carbocycles. The summed E-state index contributed by atoms with van der Waals surface area (Å²) in [5.41, 5.74) is 1.43. The van der Waals surface area contributed by atoms with Crippen molar-refractivity contribution in [3.63, 3.8) is 0 Å². The van der Waals surface area contributed by atoms with Crippen LogP contribution in [0, 0.1) is 5.92 Å². The van der Waals surface area contributed by atoms with Crippen LogP contribution in [0.3, 0.4) is 0 Å². The number of carbonyl (C=O) groups is 2. The maximum absolute atomic E-state index is 13.5. The van der Waals surface area contributed by atoms with Crippen molar-refractivity contribution in [3.8, 4) is 5.75 Å². The maximum Gasteiger partial charge on any atom is 0.305 e. The summed E-state index contributed by atoms with van der Waals surface area (Å²) in [6, 6.07) is 14.6. The number of carbonyl (C=O) groups excluding carboxylic acids is 2. The van der Waals surface area contributed by atoms with Crippen LogP contribution in [0.25, 0.3) is 0 Å². The Balaban J connectivity index is 1.62. The number of H-pyrrole nitrogens is 1. The molecule has 1 aromatic heterocycles. The number of thiazole rings is 1. The fraction of sp³-hybridized carbons (Fsp3) is 0.190. The molecule has 30 heavy (non-hydrogen) atoms. The average Bonchev–Trinajstić information content (AvgIpc) is 3.24. The van der Waals surface area contributed by atoms with Crippen LogP contribution in [-0.4, -0.2) is 29.2 Å². The van der Waals surface area contributed by atoms with Crippen LogP contribution in [-0.2, 0) is 9.59 Å². The number of benzene rings is 2. The van der Waals surface area contributed by atoms with E-state index in [-0.39, 0.29) is 22.6 Å². The first kappa shape index (κ1) is 19.6. The van der Waals surface area contributed by atoms with E-state index in [2.05, 4.69) is 20.9 Å². The van der Waals surface area contributed by atoms with Gasteiger partial charge in [0.1, 0.15) is 11.0 Å². The molecule has 152 valence electrons. The third-order valence-electron chi connectivity index (χ3n) is 5.38. The number of rotatable bonds is 3. The van der Waals surface area contributed by atoms with Crippen LogP contribution in [0.5, 0.6) is 5.75 Å². The van der Waals surface area contributed by atoms with Gasteiger partial charge in [0.15, 0.2) is 0 Å². The van der Waals surface area contributed by atoms with Gasteiger partial charge in [-0.3, -0.25) is 14.4 Å². The second-order valence-electron chi connectivity index (χ2n) is 7.01. The number of fused-ring (bicyclic) bond motifs is 2. The Labute approximate surface area is 188 Å². The number of anilines is 1. The zero-order valence-corrected chi connectivity index (χ0v) is 18.8. The molecule has 1 fully saturated rings. The molecule has 9 heteroatoms. The van der Waals surface area contributed by atoms with E-state index in [1.165, 1.54) is 16.7 Å². The summed E-state index contributed by atoms with van der Waals surface area (Å²) in [7, 11) is 1.56. The lowest BCUT2D eigenvalue weighted by Gasteiger charge is -2.29. The van der Waals surface area contributed by atoms with Gasteiger partial charge in [-0.1, -0.05) is 51.2 Å². The lowest BCUT2D eigenvalue weighted by Crippen LogP contribution is -2.32. The van der Waals surface area contributed by atoms with Gasteiger partial charge in [0, 0.05) is 15.3 Å². The second kappa shape index (κ2) is 7.40. The molecule has 5 rings (SSSR count). The summed E-state index contributed by atoms with van der Waals surface area (Å²) < 4.78 is 6.10. The van der Waals surface area contributed by atoms with Gasteiger partial charge in [-0.25, -0.2) is 4.90 Å². The van der Waals surface area contributed by atoms with Crippen molar-refractivity contribution in [1.29, 1.82) is 0 Å². The summed E-state index contributed by atoms with van der Waals surface area (Å²) in [6.45, 7) is 0. The van der Waals surface area contributed by atoms with Crippen molar-refractivity contribution in [2.75, 3.05) is 12.0 Å². The quantitative estimate of drug-likeness (QED) is 0.547. The molecule has 6 nitrogen and oxygen atoms in total. The normalized spacial score (nSPS) is 22.7. The number of halogens is 1. The smallest absolute Gasteiger partial charge is 0.305 e. The lowest BCUT2D eigenvalue weighted by molar-refractivity contribution is -0.122. The molecule has 3 heterocycles. The molecule has 3 aromatic rings. The van der Waals surface area contributed by atoms with E-state index in [9.17, 15) is 14.4 Å². The monoisotopic (exact) mass is 502 g/mol. The Kier molecular flexibility index (Phi) is 4.83. The number of aromatic amines is 1. The minimum absolute atomic E-state index is 0.179. The van der Waals surface area contributed by atoms with E-state index in [0.29, 0.717) is 16.5 Å². The molecule has 2 aromatic carbocycles. The molecule has 0 aliphatic carbocycles. The molecule has 2 aliphatic heterocycles. The molecule has 3 unspecified atom stereocenters. The summed E-state index contributed by atoms with van der Waals surface area (Å²) in [6.07, 6.45) is 0. The Morgan fingerprint density at radius 3 is 2.37 bits per heavy atom. The highest BCUT2D eigenvalue weighted by Crippen LogP contribution is 2.53. The third-order valence-corrected chi connectivity index (χ3v) is 8.31. The number of methoxy groups -OCH3 is 1. The number of hydrogen-bond donors (Lipinski definition) is 1. The van der Waals surface area contributed by atoms with Crippen molar-refractivity contribution < 1.29 is 14.3 Å². The summed E-state index contributed by atoms with van der Waals surface area (Å²) >= 11 is 5.82. The molecular weight excluding hydrogens is 488 g/mol. The van der Waals surface area contributed by atoms with Gasteiger partial charge in [-0.2, -0.15) is 0 Å². The Hall–Kier alpha value is -2.36. The van der Waals surface area contributed by atoms with E-state index in [1.807, 2.05) is 24.3 Å². The van der Waals surface area contributed by atoms with Crippen molar-refractivity contribution in [1.82, 2.24) is 4.98 Å². The fourth-order valence-electron chi connectivity index (χ4n) is 4.03. The van der Waals surface area contributed by atoms with Gasteiger partial charge in [0.2, 0.25) is 11.8 Å². The van der Waals surface area contributed by atoms with E-state index in [1.54, 1.807) is 31.4 Å². The second-order valence-corrected chi connectivity index (χ2v) is 10.1. The van der Waals surface area contributed by atoms with Gasteiger partial charge in [-0.15, -0.1) is 0 Å². The van der Waals surface area contributed by atoms with Crippen LogP contribution in [0.1, 0.15) is 16.4 Å². The van der Waals surface area contributed by atoms with E-state index >= 15 is 0 Å². The van der Waals surface area contributed by atoms with Gasteiger partial charge in [-0.05, 0) is 42.0 Å². The molecule has 2 amide bonds. The molecule has 0 bridgehead atoms. The highest BCUT2D eigenvalue weighted by atomic mass is 79.9. The van der Waals surface area contributed by atoms with Gasteiger partial charge in [0.05, 0.1) is 23.7 Å². The summed E-state index contributed by atoms with van der Waals surface area (Å²) in [4.78, 5) is 43.7. The Bertz CT molecular complexity index is 1200. The van der Waals surface area contributed by atoms with Crippen LogP contribution >= 0.6 is 39.0 Å². The number of ether oxygens (including phenoxy) is 1. The summed E-state index contributed by atoms with van der Waals surface area (Å²) in [5.74, 6) is -0.799. The zero-order valence-electron chi connectivity index (χ0n) is 15.6. The van der Waals surface area contributed by atoms with Crippen molar-refractivity contribution in [3.05, 3.63) is 73.1 Å².